The van der Waals surface area contributed by atoms with Crippen molar-refractivity contribution in [2.75, 3.05) is 14.2 Å². The van der Waals surface area contributed by atoms with Crippen LogP contribution >= 0.6 is 0 Å². The molecule has 6 nitrogen and oxygen atoms in total. The maximum Gasteiger partial charge on any atom is 0.337 e. The summed E-state index contributed by atoms with van der Waals surface area (Å²) in [6.45, 7) is 3.42. The molecule has 0 aliphatic carbocycles. The summed E-state index contributed by atoms with van der Waals surface area (Å²) in [4.78, 5) is 37.6. The van der Waals surface area contributed by atoms with Gasteiger partial charge in [0, 0.05) is 0 Å². The normalized spacial score (nSPS) is 27.3. The highest BCUT2D eigenvalue weighted by molar-refractivity contribution is 6.14. The summed E-state index contributed by atoms with van der Waals surface area (Å²) in [5.74, 6) is -1.73. The molecule has 1 aromatic rings. The summed E-state index contributed by atoms with van der Waals surface area (Å²) in [5, 5.41) is 0. The van der Waals surface area contributed by atoms with E-state index in [9.17, 15) is 14.4 Å². The van der Waals surface area contributed by atoms with Gasteiger partial charge in [0.25, 0.3) is 0 Å². The third-order valence-electron chi connectivity index (χ3n) is 4.89. The van der Waals surface area contributed by atoms with Crippen molar-refractivity contribution >= 4 is 17.7 Å². The Morgan fingerprint density at radius 1 is 1.04 bits per heavy atom. The molecule has 3 rings (SSSR count). The van der Waals surface area contributed by atoms with E-state index < -0.39 is 29.1 Å². The van der Waals surface area contributed by atoms with Crippen LogP contribution < -0.4 is 0 Å². The number of Topliss-reactive ketones (excluding diaryl/α,β-unsaturated/α-hetero) is 1. The number of ketones is 1. The summed E-state index contributed by atoms with van der Waals surface area (Å²) in [6, 6.07) is 8.92. The van der Waals surface area contributed by atoms with Gasteiger partial charge in [-0.2, -0.15) is 0 Å². The number of ether oxygens (including phenoxy) is 3. The van der Waals surface area contributed by atoms with E-state index in [1.807, 2.05) is 6.07 Å². The highest BCUT2D eigenvalue weighted by atomic mass is 16.6. The molecule has 2 aliphatic rings. The number of benzene rings is 1. The predicted molar refractivity (Wildman–Crippen MR) is 82.8 cm³/mol. The van der Waals surface area contributed by atoms with E-state index in [1.165, 1.54) is 14.2 Å². The number of methoxy groups -OCH3 is 2. The lowest BCUT2D eigenvalue weighted by molar-refractivity contribution is -0.142. The third kappa shape index (κ3) is 1.77. The summed E-state index contributed by atoms with van der Waals surface area (Å²) >= 11 is 0. The first-order valence-electron chi connectivity index (χ1n) is 7.51. The van der Waals surface area contributed by atoms with Crippen LogP contribution in [0.4, 0.5) is 0 Å². The van der Waals surface area contributed by atoms with Crippen LogP contribution in [0.3, 0.4) is 0 Å². The fourth-order valence-corrected chi connectivity index (χ4v) is 3.68. The van der Waals surface area contributed by atoms with Gasteiger partial charge in [-0.1, -0.05) is 30.3 Å². The molecule has 1 saturated heterocycles. The van der Waals surface area contributed by atoms with Gasteiger partial charge in [-0.15, -0.1) is 0 Å². The zero-order valence-corrected chi connectivity index (χ0v) is 13.9. The van der Waals surface area contributed by atoms with E-state index in [-0.39, 0.29) is 16.9 Å². The van der Waals surface area contributed by atoms with Crippen LogP contribution in [-0.2, 0) is 34.2 Å². The second kappa shape index (κ2) is 5.27. The van der Waals surface area contributed by atoms with Gasteiger partial charge in [0.1, 0.15) is 5.60 Å². The van der Waals surface area contributed by atoms with E-state index in [1.54, 1.807) is 38.1 Å². The van der Waals surface area contributed by atoms with Crippen LogP contribution in [0.15, 0.2) is 41.5 Å². The lowest BCUT2D eigenvalue weighted by atomic mass is 9.61. The van der Waals surface area contributed by atoms with Gasteiger partial charge in [0.15, 0.2) is 11.9 Å². The molecule has 1 aromatic carbocycles. The molecule has 0 radical (unpaired) electrons. The van der Waals surface area contributed by atoms with E-state index in [4.69, 9.17) is 14.2 Å². The molecule has 1 fully saturated rings. The Bertz CT molecular complexity index is 761. The largest absolute Gasteiger partial charge is 0.466 e. The third-order valence-corrected chi connectivity index (χ3v) is 4.89. The highest BCUT2D eigenvalue weighted by Crippen LogP contribution is 2.61. The molecule has 126 valence electrons. The summed E-state index contributed by atoms with van der Waals surface area (Å²) in [5.41, 5.74) is -1.84. The van der Waals surface area contributed by atoms with Crippen molar-refractivity contribution in [3.05, 3.63) is 47.0 Å². The first-order chi connectivity index (χ1) is 11.3. The lowest BCUT2D eigenvalue weighted by Gasteiger charge is -2.39. The predicted octanol–water partition coefficient (Wildman–Crippen LogP) is 1.53. The van der Waals surface area contributed by atoms with Crippen molar-refractivity contribution in [2.45, 2.75) is 25.6 Å². The molecule has 0 aromatic heterocycles. The molecule has 0 spiro atoms. The zero-order chi connectivity index (χ0) is 17.7. The Hall–Kier alpha value is -2.47. The maximum absolute atomic E-state index is 12.8. The summed E-state index contributed by atoms with van der Waals surface area (Å²) in [7, 11) is 2.42. The number of fused-ring (bicyclic) bond motifs is 2. The van der Waals surface area contributed by atoms with Gasteiger partial charge in [0.05, 0.1) is 30.8 Å². The number of carbonyl (C=O) groups is 3. The van der Waals surface area contributed by atoms with Gasteiger partial charge in [-0.3, -0.25) is 4.79 Å². The van der Waals surface area contributed by atoms with Crippen LogP contribution in [0.1, 0.15) is 19.4 Å². The topological polar surface area (TPSA) is 78.9 Å². The minimum atomic E-state index is -1.38. The quantitative estimate of drug-likeness (QED) is 0.782. The van der Waals surface area contributed by atoms with Crippen LogP contribution in [0.5, 0.6) is 0 Å². The molecular formula is C18H18O6. The Kier molecular flexibility index (Phi) is 3.60. The molecule has 6 heteroatoms. The van der Waals surface area contributed by atoms with Gasteiger partial charge >= 0.3 is 11.9 Å². The van der Waals surface area contributed by atoms with E-state index in [0.717, 1.165) is 0 Å². The molecule has 2 aliphatic heterocycles. The molecule has 2 atom stereocenters. The van der Waals surface area contributed by atoms with Gasteiger partial charge in [-0.05, 0) is 19.4 Å². The molecule has 0 saturated carbocycles. The first-order valence-corrected chi connectivity index (χ1v) is 7.51. The minimum Gasteiger partial charge on any atom is -0.466 e. The summed E-state index contributed by atoms with van der Waals surface area (Å²) in [6.07, 6.45) is -1.14. The van der Waals surface area contributed by atoms with E-state index >= 15 is 0 Å². The molecule has 2 bridgehead atoms. The standard InChI is InChI=1S/C18H18O6/c1-17(2)14(19)13-11(15(20)22-3)12(16(21)23-4)18(17,24-13)10-8-6-5-7-9-10/h5-9,13H,1-4H3. The van der Waals surface area contributed by atoms with E-state index in [0.29, 0.717) is 5.56 Å². The minimum absolute atomic E-state index is 0.0395. The number of hydrogen-bond acceptors (Lipinski definition) is 6. The van der Waals surface area contributed by atoms with Crippen molar-refractivity contribution in [3.8, 4) is 0 Å². The maximum atomic E-state index is 12.8. The van der Waals surface area contributed by atoms with Gasteiger partial charge < -0.3 is 14.2 Å². The molecule has 2 heterocycles. The number of carbonyl (C=O) groups excluding carboxylic acids is 3. The average Bonchev–Trinajstić information content (AvgIpc) is 3.06. The van der Waals surface area contributed by atoms with Crippen molar-refractivity contribution in [1.82, 2.24) is 0 Å². The van der Waals surface area contributed by atoms with Crippen LogP contribution in [0, 0.1) is 5.41 Å². The second-order valence-electron chi connectivity index (χ2n) is 6.31. The fraction of sp³-hybridized carbons (Fsp3) is 0.389. The van der Waals surface area contributed by atoms with Gasteiger partial charge in [0.2, 0.25) is 0 Å². The zero-order valence-electron chi connectivity index (χ0n) is 13.9. The molecule has 2 unspecified atom stereocenters. The van der Waals surface area contributed by atoms with Crippen LogP contribution in [0.2, 0.25) is 0 Å². The molecular weight excluding hydrogens is 312 g/mol. The number of esters is 2. The molecule has 0 N–H and O–H groups in total. The van der Waals surface area contributed by atoms with Crippen molar-refractivity contribution in [3.63, 3.8) is 0 Å². The molecule has 24 heavy (non-hydrogen) atoms. The van der Waals surface area contributed by atoms with Gasteiger partial charge in [-0.25, -0.2) is 9.59 Å². The lowest BCUT2D eigenvalue weighted by Crippen LogP contribution is -2.48. The SMILES string of the molecule is COC(=O)C1=C(C(=O)OC)C2(c3ccccc3)OC1C(=O)C2(C)C. The Balaban J connectivity index is 2.38. The van der Waals surface area contributed by atoms with Crippen LogP contribution in [0.25, 0.3) is 0 Å². The highest BCUT2D eigenvalue weighted by Gasteiger charge is 2.71. The van der Waals surface area contributed by atoms with Crippen molar-refractivity contribution < 1.29 is 28.6 Å². The number of rotatable bonds is 3. The van der Waals surface area contributed by atoms with E-state index in [2.05, 4.69) is 0 Å². The van der Waals surface area contributed by atoms with Crippen LogP contribution in [-0.4, -0.2) is 38.0 Å². The first kappa shape index (κ1) is 16.4. The Labute approximate surface area is 139 Å². The molecule has 0 amide bonds. The number of hydrogen-bond donors (Lipinski definition) is 0. The fourth-order valence-electron chi connectivity index (χ4n) is 3.68. The average molecular weight is 330 g/mol. The second-order valence-corrected chi connectivity index (χ2v) is 6.31. The Morgan fingerprint density at radius 3 is 2.17 bits per heavy atom. The smallest absolute Gasteiger partial charge is 0.337 e. The van der Waals surface area contributed by atoms with Crippen molar-refractivity contribution in [1.29, 1.82) is 0 Å². The summed E-state index contributed by atoms with van der Waals surface area (Å²) < 4.78 is 15.7. The monoisotopic (exact) mass is 330 g/mol. The Morgan fingerprint density at radius 2 is 1.62 bits per heavy atom. The van der Waals surface area contributed by atoms with Crippen molar-refractivity contribution in [2.24, 2.45) is 5.41 Å².